The number of benzene rings is 1. The molecule has 0 spiro atoms. The molecule has 1 heterocycles. The number of carbonyl (C=O) groups is 1. The standard InChI is InChI=1S/C16H20N2O2/c1-18(10-13-3-2-4-15(13)19)16(20)12-6-5-11-7-8-17-14(11)9-12/h5-9,13,15,17,19H,2-4,10H2,1H3. The summed E-state index contributed by atoms with van der Waals surface area (Å²) in [6.45, 7) is 0.628. The highest BCUT2D eigenvalue weighted by Gasteiger charge is 2.27. The molecule has 0 saturated heterocycles. The maximum atomic E-state index is 12.4. The van der Waals surface area contributed by atoms with Crippen molar-refractivity contribution < 1.29 is 9.90 Å². The predicted octanol–water partition coefficient (Wildman–Crippen LogP) is 2.40. The number of hydrogen-bond acceptors (Lipinski definition) is 2. The average molecular weight is 272 g/mol. The number of carbonyl (C=O) groups excluding carboxylic acids is 1. The van der Waals surface area contributed by atoms with E-state index in [-0.39, 0.29) is 17.9 Å². The molecule has 106 valence electrons. The lowest BCUT2D eigenvalue weighted by molar-refractivity contribution is 0.0693. The number of rotatable bonds is 3. The highest BCUT2D eigenvalue weighted by Crippen LogP contribution is 2.26. The zero-order valence-corrected chi connectivity index (χ0v) is 11.7. The van der Waals surface area contributed by atoms with Crippen LogP contribution in [0.25, 0.3) is 10.9 Å². The first kappa shape index (κ1) is 13.2. The van der Waals surface area contributed by atoms with Gasteiger partial charge in [0.05, 0.1) is 6.10 Å². The zero-order chi connectivity index (χ0) is 14.1. The smallest absolute Gasteiger partial charge is 0.253 e. The van der Waals surface area contributed by atoms with Crippen molar-refractivity contribution in [2.45, 2.75) is 25.4 Å². The van der Waals surface area contributed by atoms with E-state index in [1.807, 2.05) is 37.5 Å². The van der Waals surface area contributed by atoms with Crippen LogP contribution in [0, 0.1) is 5.92 Å². The second-order valence-corrected chi connectivity index (χ2v) is 5.72. The second kappa shape index (κ2) is 5.29. The molecule has 2 N–H and O–H groups in total. The van der Waals surface area contributed by atoms with E-state index in [0.29, 0.717) is 12.1 Å². The first-order valence-corrected chi connectivity index (χ1v) is 7.16. The molecule has 3 rings (SSSR count). The number of aromatic nitrogens is 1. The molecule has 1 fully saturated rings. The third kappa shape index (κ3) is 2.43. The van der Waals surface area contributed by atoms with Crippen molar-refractivity contribution in [3.8, 4) is 0 Å². The van der Waals surface area contributed by atoms with Gasteiger partial charge < -0.3 is 15.0 Å². The molecule has 1 amide bonds. The van der Waals surface area contributed by atoms with Crippen LogP contribution in [0.3, 0.4) is 0 Å². The monoisotopic (exact) mass is 272 g/mol. The number of hydrogen-bond donors (Lipinski definition) is 2. The van der Waals surface area contributed by atoms with Crippen LogP contribution in [0.15, 0.2) is 30.5 Å². The van der Waals surface area contributed by atoms with E-state index in [0.717, 1.165) is 30.2 Å². The van der Waals surface area contributed by atoms with Gasteiger partial charge in [-0.15, -0.1) is 0 Å². The van der Waals surface area contributed by atoms with Crippen LogP contribution >= 0.6 is 0 Å². The van der Waals surface area contributed by atoms with Gasteiger partial charge in [-0.1, -0.05) is 12.5 Å². The number of fused-ring (bicyclic) bond motifs is 1. The first-order chi connectivity index (χ1) is 9.65. The molecule has 0 aliphatic heterocycles. The van der Waals surface area contributed by atoms with Gasteiger partial charge in [0.2, 0.25) is 0 Å². The summed E-state index contributed by atoms with van der Waals surface area (Å²) in [5.41, 5.74) is 1.67. The van der Waals surface area contributed by atoms with Crippen LogP contribution in [-0.4, -0.2) is 40.6 Å². The molecular formula is C16H20N2O2. The summed E-state index contributed by atoms with van der Waals surface area (Å²) in [5, 5.41) is 11.0. The minimum Gasteiger partial charge on any atom is -0.393 e. The second-order valence-electron chi connectivity index (χ2n) is 5.72. The zero-order valence-electron chi connectivity index (χ0n) is 11.7. The molecule has 2 atom stereocenters. The Morgan fingerprint density at radius 2 is 2.25 bits per heavy atom. The Labute approximate surface area is 118 Å². The van der Waals surface area contributed by atoms with Crippen molar-refractivity contribution in [2.75, 3.05) is 13.6 Å². The van der Waals surface area contributed by atoms with Crippen molar-refractivity contribution in [3.63, 3.8) is 0 Å². The Morgan fingerprint density at radius 3 is 3.00 bits per heavy atom. The van der Waals surface area contributed by atoms with Gasteiger partial charge >= 0.3 is 0 Å². The number of aliphatic hydroxyl groups excluding tert-OH is 1. The summed E-state index contributed by atoms with van der Waals surface area (Å²) in [6.07, 6.45) is 4.55. The molecular weight excluding hydrogens is 252 g/mol. The lowest BCUT2D eigenvalue weighted by Crippen LogP contribution is -2.34. The summed E-state index contributed by atoms with van der Waals surface area (Å²) >= 11 is 0. The van der Waals surface area contributed by atoms with E-state index in [2.05, 4.69) is 4.98 Å². The minimum absolute atomic E-state index is 0.0144. The predicted molar refractivity (Wildman–Crippen MR) is 78.6 cm³/mol. The van der Waals surface area contributed by atoms with Gasteiger partial charge in [0.1, 0.15) is 0 Å². The molecule has 2 aromatic rings. The third-order valence-corrected chi connectivity index (χ3v) is 4.28. The fourth-order valence-electron chi connectivity index (χ4n) is 3.07. The van der Waals surface area contributed by atoms with Crippen LogP contribution in [0.2, 0.25) is 0 Å². The fourth-order valence-corrected chi connectivity index (χ4v) is 3.07. The largest absolute Gasteiger partial charge is 0.393 e. The Bertz CT molecular complexity index is 620. The summed E-state index contributed by atoms with van der Waals surface area (Å²) in [6, 6.07) is 7.69. The lowest BCUT2D eigenvalue weighted by atomic mass is 10.0. The quantitative estimate of drug-likeness (QED) is 0.901. The fraction of sp³-hybridized carbons (Fsp3) is 0.438. The molecule has 1 saturated carbocycles. The average Bonchev–Trinajstić information content (AvgIpc) is 3.06. The van der Waals surface area contributed by atoms with Crippen molar-refractivity contribution in [3.05, 3.63) is 36.0 Å². The number of H-pyrrole nitrogens is 1. The van der Waals surface area contributed by atoms with Gasteiger partial charge in [0.25, 0.3) is 5.91 Å². The van der Waals surface area contributed by atoms with E-state index in [4.69, 9.17) is 0 Å². The van der Waals surface area contributed by atoms with Crippen LogP contribution in [0.4, 0.5) is 0 Å². The Hall–Kier alpha value is -1.81. The first-order valence-electron chi connectivity index (χ1n) is 7.16. The van der Waals surface area contributed by atoms with Gasteiger partial charge in [-0.05, 0) is 36.4 Å². The molecule has 20 heavy (non-hydrogen) atoms. The summed E-state index contributed by atoms with van der Waals surface area (Å²) < 4.78 is 0. The lowest BCUT2D eigenvalue weighted by Gasteiger charge is -2.23. The van der Waals surface area contributed by atoms with Crippen LogP contribution in [0.5, 0.6) is 0 Å². The van der Waals surface area contributed by atoms with Gasteiger partial charge in [0.15, 0.2) is 0 Å². The third-order valence-electron chi connectivity index (χ3n) is 4.28. The minimum atomic E-state index is -0.254. The topological polar surface area (TPSA) is 56.3 Å². The summed E-state index contributed by atoms with van der Waals surface area (Å²) in [5.74, 6) is 0.235. The van der Waals surface area contributed by atoms with E-state index in [1.54, 1.807) is 4.90 Å². The van der Waals surface area contributed by atoms with Crippen molar-refractivity contribution in [1.29, 1.82) is 0 Å². The molecule has 1 aromatic heterocycles. The number of amides is 1. The van der Waals surface area contributed by atoms with Gasteiger partial charge in [0, 0.05) is 36.8 Å². The van der Waals surface area contributed by atoms with E-state index < -0.39 is 0 Å². The molecule has 1 aromatic carbocycles. The summed E-state index contributed by atoms with van der Waals surface area (Å²) in [7, 11) is 1.81. The van der Waals surface area contributed by atoms with Crippen LogP contribution in [-0.2, 0) is 0 Å². The van der Waals surface area contributed by atoms with Crippen molar-refractivity contribution >= 4 is 16.8 Å². The maximum absolute atomic E-state index is 12.4. The molecule has 1 aliphatic carbocycles. The SMILES string of the molecule is CN(CC1CCCC1O)C(=O)c1ccc2cc[nH]c2c1. The normalized spacial score (nSPS) is 22.3. The van der Waals surface area contributed by atoms with E-state index >= 15 is 0 Å². The summed E-state index contributed by atoms with van der Waals surface area (Å²) in [4.78, 5) is 17.3. The van der Waals surface area contributed by atoms with Gasteiger partial charge in [-0.25, -0.2) is 0 Å². The number of nitrogens with zero attached hydrogens (tertiary/aromatic N) is 1. The molecule has 1 aliphatic rings. The Morgan fingerprint density at radius 1 is 1.40 bits per heavy atom. The van der Waals surface area contributed by atoms with Crippen molar-refractivity contribution in [2.24, 2.45) is 5.92 Å². The van der Waals surface area contributed by atoms with E-state index in [9.17, 15) is 9.90 Å². The van der Waals surface area contributed by atoms with Crippen LogP contribution in [0.1, 0.15) is 29.6 Å². The Balaban J connectivity index is 1.73. The van der Waals surface area contributed by atoms with Crippen LogP contribution < -0.4 is 0 Å². The number of aliphatic hydroxyl groups is 1. The highest BCUT2D eigenvalue weighted by molar-refractivity contribution is 5.97. The number of nitrogens with one attached hydrogen (secondary N) is 1. The molecule has 4 nitrogen and oxygen atoms in total. The molecule has 0 radical (unpaired) electrons. The van der Waals surface area contributed by atoms with Gasteiger partial charge in [-0.2, -0.15) is 0 Å². The van der Waals surface area contributed by atoms with E-state index in [1.165, 1.54) is 0 Å². The van der Waals surface area contributed by atoms with Gasteiger partial charge in [-0.3, -0.25) is 4.79 Å². The molecule has 4 heteroatoms. The Kier molecular flexibility index (Phi) is 3.49. The van der Waals surface area contributed by atoms with Crippen molar-refractivity contribution in [1.82, 2.24) is 9.88 Å². The molecule has 2 unspecified atom stereocenters. The maximum Gasteiger partial charge on any atom is 0.253 e. The highest BCUT2D eigenvalue weighted by atomic mass is 16.3. The molecule has 0 bridgehead atoms. The number of aromatic amines is 1.